The van der Waals surface area contributed by atoms with Crippen LogP contribution in [-0.2, 0) is 14.8 Å². The maximum Gasteiger partial charge on any atom is 0.238 e. The van der Waals surface area contributed by atoms with Gasteiger partial charge < -0.3 is 16.0 Å². The Morgan fingerprint density at radius 3 is 2.48 bits per heavy atom. The molecule has 0 aromatic heterocycles. The predicted octanol–water partition coefficient (Wildman–Crippen LogP) is 0.0429. The highest BCUT2D eigenvalue weighted by Crippen LogP contribution is 2.28. The Kier molecular flexibility index (Phi) is 5.19. The van der Waals surface area contributed by atoms with Crippen LogP contribution in [0.4, 0.5) is 11.4 Å². The summed E-state index contributed by atoms with van der Waals surface area (Å²) in [6.07, 6.45) is 0. The van der Waals surface area contributed by atoms with Gasteiger partial charge in [0.05, 0.1) is 10.8 Å². The number of amides is 1. The van der Waals surface area contributed by atoms with E-state index in [1.54, 1.807) is 38.9 Å². The van der Waals surface area contributed by atoms with Gasteiger partial charge >= 0.3 is 0 Å². The van der Waals surface area contributed by atoms with E-state index < -0.39 is 10.0 Å². The molecule has 8 heteroatoms. The number of rotatable bonds is 5. The van der Waals surface area contributed by atoms with E-state index in [1.807, 2.05) is 0 Å². The van der Waals surface area contributed by atoms with Crippen molar-refractivity contribution in [2.24, 2.45) is 11.1 Å². The third-order valence-corrected chi connectivity index (χ3v) is 4.35. The quantitative estimate of drug-likeness (QED) is 0.663. The number of carbonyl (C=O) groups excluding carboxylic acids is 1. The molecular weight excluding hydrogens is 292 g/mol. The zero-order valence-electron chi connectivity index (χ0n) is 12.7. The summed E-state index contributed by atoms with van der Waals surface area (Å²) in [6.45, 7) is 3.88. The third kappa shape index (κ3) is 4.08. The SMILES string of the molecule is CNC(=O)C(C)CN(C)c1cc(N)cc(S(N)(=O)=O)c1C. The highest BCUT2D eigenvalue weighted by atomic mass is 32.2. The van der Waals surface area contributed by atoms with E-state index in [0.717, 1.165) is 0 Å². The Bertz CT molecular complexity index is 643. The van der Waals surface area contributed by atoms with Gasteiger partial charge in [-0.3, -0.25) is 4.79 Å². The fourth-order valence-corrected chi connectivity index (χ4v) is 3.06. The molecular formula is C13H22N4O3S. The molecule has 21 heavy (non-hydrogen) atoms. The number of anilines is 2. The van der Waals surface area contributed by atoms with Crippen molar-refractivity contribution in [3.63, 3.8) is 0 Å². The average Bonchev–Trinajstić information content (AvgIpc) is 2.38. The van der Waals surface area contributed by atoms with Crippen LogP contribution in [0, 0.1) is 12.8 Å². The van der Waals surface area contributed by atoms with Crippen molar-refractivity contribution in [1.82, 2.24) is 5.32 Å². The minimum atomic E-state index is -3.85. The number of nitrogens with zero attached hydrogens (tertiary/aromatic N) is 1. The lowest BCUT2D eigenvalue weighted by Gasteiger charge is -2.25. The minimum Gasteiger partial charge on any atom is -0.399 e. The molecule has 1 aromatic rings. The van der Waals surface area contributed by atoms with E-state index in [0.29, 0.717) is 23.5 Å². The highest BCUT2D eigenvalue weighted by molar-refractivity contribution is 7.89. The highest BCUT2D eigenvalue weighted by Gasteiger charge is 2.20. The van der Waals surface area contributed by atoms with E-state index in [4.69, 9.17) is 10.9 Å². The largest absolute Gasteiger partial charge is 0.399 e. The number of hydrogen-bond donors (Lipinski definition) is 3. The van der Waals surface area contributed by atoms with Crippen molar-refractivity contribution in [1.29, 1.82) is 0 Å². The fraction of sp³-hybridized carbons (Fsp3) is 0.462. The van der Waals surface area contributed by atoms with Crippen molar-refractivity contribution in [3.8, 4) is 0 Å². The molecule has 0 bridgehead atoms. The molecule has 0 heterocycles. The summed E-state index contributed by atoms with van der Waals surface area (Å²) in [7, 11) is -0.502. The Morgan fingerprint density at radius 2 is 2.00 bits per heavy atom. The maximum absolute atomic E-state index is 11.6. The van der Waals surface area contributed by atoms with Crippen LogP contribution < -0.4 is 21.1 Å². The second kappa shape index (κ2) is 6.31. The number of nitrogen functional groups attached to an aromatic ring is 1. The van der Waals surface area contributed by atoms with E-state index in [-0.39, 0.29) is 16.7 Å². The second-order valence-corrected chi connectivity index (χ2v) is 6.63. The first-order chi connectivity index (χ1) is 9.57. The molecule has 0 saturated carbocycles. The smallest absolute Gasteiger partial charge is 0.238 e. The summed E-state index contributed by atoms with van der Waals surface area (Å²) >= 11 is 0. The van der Waals surface area contributed by atoms with Gasteiger partial charge in [0, 0.05) is 32.0 Å². The maximum atomic E-state index is 11.6. The third-order valence-electron chi connectivity index (χ3n) is 3.31. The summed E-state index contributed by atoms with van der Waals surface area (Å²) in [5, 5.41) is 7.78. The van der Waals surface area contributed by atoms with Crippen LogP contribution in [0.3, 0.4) is 0 Å². The molecule has 118 valence electrons. The summed E-state index contributed by atoms with van der Waals surface area (Å²) in [4.78, 5) is 13.4. The first-order valence-electron chi connectivity index (χ1n) is 6.43. The Labute approximate surface area is 125 Å². The molecule has 7 nitrogen and oxygen atoms in total. The topological polar surface area (TPSA) is 119 Å². The van der Waals surface area contributed by atoms with E-state index in [9.17, 15) is 13.2 Å². The number of carbonyl (C=O) groups is 1. The van der Waals surface area contributed by atoms with Crippen LogP contribution >= 0.6 is 0 Å². The molecule has 0 aliphatic heterocycles. The molecule has 0 aliphatic carbocycles. The summed E-state index contributed by atoms with van der Waals surface area (Å²) in [5.41, 5.74) is 7.20. The van der Waals surface area contributed by atoms with Crippen LogP contribution in [0.15, 0.2) is 17.0 Å². The number of benzene rings is 1. The number of sulfonamides is 1. The van der Waals surface area contributed by atoms with Crippen LogP contribution in [-0.4, -0.2) is 35.0 Å². The molecule has 5 N–H and O–H groups in total. The molecule has 0 aliphatic rings. The molecule has 1 amide bonds. The lowest BCUT2D eigenvalue weighted by atomic mass is 10.1. The average molecular weight is 314 g/mol. The van der Waals surface area contributed by atoms with Gasteiger partial charge in [-0.2, -0.15) is 0 Å². The van der Waals surface area contributed by atoms with Gasteiger partial charge in [0.25, 0.3) is 0 Å². The molecule has 1 atom stereocenters. The van der Waals surface area contributed by atoms with Gasteiger partial charge in [-0.05, 0) is 24.6 Å². The monoisotopic (exact) mass is 314 g/mol. The van der Waals surface area contributed by atoms with Gasteiger partial charge in [0.2, 0.25) is 15.9 Å². The van der Waals surface area contributed by atoms with Gasteiger partial charge in [-0.1, -0.05) is 6.92 Å². The Hall–Kier alpha value is -1.80. The Morgan fingerprint density at radius 1 is 1.43 bits per heavy atom. The van der Waals surface area contributed by atoms with Crippen molar-refractivity contribution in [2.45, 2.75) is 18.7 Å². The van der Waals surface area contributed by atoms with Gasteiger partial charge in [-0.25, -0.2) is 13.6 Å². The van der Waals surface area contributed by atoms with Crippen molar-refractivity contribution in [3.05, 3.63) is 17.7 Å². The molecule has 0 saturated heterocycles. The predicted molar refractivity (Wildman–Crippen MR) is 83.5 cm³/mol. The van der Waals surface area contributed by atoms with E-state index in [2.05, 4.69) is 5.32 Å². The van der Waals surface area contributed by atoms with Crippen LogP contribution in [0.5, 0.6) is 0 Å². The van der Waals surface area contributed by atoms with Gasteiger partial charge in [0.1, 0.15) is 0 Å². The minimum absolute atomic E-state index is 0.00283. The van der Waals surface area contributed by atoms with E-state index in [1.165, 1.54) is 6.07 Å². The lowest BCUT2D eigenvalue weighted by Crippen LogP contribution is -2.34. The van der Waals surface area contributed by atoms with Gasteiger partial charge in [0.15, 0.2) is 0 Å². The zero-order chi connectivity index (χ0) is 16.4. The number of nitrogens with one attached hydrogen (secondary N) is 1. The molecule has 0 radical (unpaired) electrons. The van der Waals surface area contributed by atoms with Crippen LogP contribution in [0.1, 0.15) is 12.5 Å². The number of hydrogen-bond acceptors (Lipinski definition) is 5. The zero-order valence-corrected chi connectivity index (χ0v) is 13.5. The first kappa shape index (κ1) is 17.3. The second-order valence-electron chi connectivity index (χ2n) is 5.10. The lowest BCUT2D eigenvalue weighted by molar-refractivity contribution is -0.123. The summed E-state index contributed by atoms with van der Waals surface area (Å²) in [5.74, 6) is -0.339. The van der Waals surface area contributed by atoms with Gasteiger partial charge in [-0.15, -0.1) is 0 Å². The molecule has 1 aromatic carbocycles. The summed E-state index contributed by atoms with van der Waals surface area (Å²) < 4.78 is 23.2. The van der Waals surface area contributed by atoms with Crippen LogP contribution in [0.2, 0.25) is 0 Å². The first-order valence-corrected chi connectivity index (χ1v) is 7.98. The van der Waals surface area contributed by atoms with Crippen molar-refractivity contribution in [2.75, 3.05) is 31.3 Å². The van der Waals surface area contributed by atoms with Crippen molar-refractivity contribution >= 4 is 27.3 Å². The molecule has 0 spiro atoms. The molecule has 1 rings (SSSR count). The number of primary sulfonamides is 1. The molecule has 0 fully saturated rings. The summed E-state index contributed by atoms with van der Waals surface area (Å²) in [6, 6.07) is 3.00. The standard InChI is InChI=1S/C13H22N4O3S/c1-8(13(18)16-3)7-17(4)11-5-10(14)6-12(9(11)2)21(15,19)20/h5-6,8H,7,14H2,1-4H3,(H,16,18)(H2,15,19,20). The van der Waals surface area contributed by atoms with Crippen LogP contribution in [0.25, 0.3) is 0 Å². The number of nitrogens with two attached hydrogens (primary N) is 2. The van der Waals surface area contributed by atoms with E-state index >= 15 is 0 Å². The van der Waals surface area contributed by atoms with Crippen molar-refractivity contribution < 1.29 is 13.2 Å². The normalized spacial score (nSPS) is 12.8. The fourth-order valence-electron chi connectivity index (χ4n) is 2.22. The molecule has 1 unspecified atom stereocenters. The Balaban J connectivity index is 3.19.